The number of aromatic nitrogens is 1. The number of benzene rings is 2. The number of fused-ring (bicyclic) bond motifs is 1. The number of halogens is 1. The molecular weight excluding hydrogens is 528 g/mol. The zero-order chi connectivity index (χ0) is 26.5. The molecule has 3 aromatic rings. The minimum absolute atomic E-state index is 0. The molecule has 0 bridgehead atoms. The highest BCUT2D eigenvalue weighted by Crippen LogP contribution is 2.33. The Morgan fingerprint density at radius 3 is 2.24 bits per heavy atom. The van der Waals surface area contributed by atoms with Crippen LogP contribution in [0.3, 0.4) is 0 Å². The van der Waals surface area contributed by atoms with E-state index in [4.69, 9.17) is 4.98 Å². The van der Waals surface area contributed by atoms with Gasteiger partial charge in [0, 0.05) is 25.2 Å². The minimum atomic E-state index is -3.60. The maximum atomic E-state index is 13.7. The van der Waals surface area contributed by atoms with Gasteiger partial charge in [0.25, 0.3) is 5.91 Å². The Kier molecular flexibility index (Phi) is 11.5. The maximum Gasteiger partial charge on any atom is 0.260 e. The van der Waals surface area contributed by atoms with Crippen LogP contribution in [-0.4, -0.2) is 68.8 Å². The topological polar surface area (TPSA) is 73.8 Å². The molecule has 7 nitrogen and oxygen atoms in total. The van der Waals surface area contributed by atoms with Crippen molar-refractivity contribution in [3.8, 4) is 0 Å². The zero-order valence-corrected chi connectivity index (χ0v) is 25.1. The average Bonchev–Trinajstić information content (AvgIpc) is 3.25. The van der Waals surface area contributed by atoms with Gasteiger partial charge in [-0.1, -0.05) is 37.7 Å². The number of anilines is 1. The Morgan fingerprint density at radius 1 is 0.973 bits per heavy atom. The summed E-state index contributed by atoms with van der Waals surface area (Å²) in [6.45, 7) is 10.3. The summed E-state index contributed by atoms with van der Waals surface area (Å²) in [5, 5.41) is 0.663. The van der Waals surface area contributed by atoms with Gasteiger partial charge < -0.3 is 4.90 Å². The van der Waals surface area contributed by atoms with Gasteiger partial charge in [0.1, 0.15) is 0 Å². The summed E-state index contributed by atoms with van der Waals surface area (Å²) in [6, 6.07) is 10.5. The SMILES string of the molecule is CCCCN(CC)S(=O)(=O)c1ccc(C(=O)N(CCCN(C)C)c2nc3cc(C)cc(C)c3s2)cc1.Cl. The van der Waals surface area contributed by atoms with E-state index in [2.05, 4.69) is 17.9 Å². The lowest BCUT2D eigenvalue weighted by molar-refractivity contribution is 0.0986. The number of carbonyl (C=O) groups is 1. The van der Waals surface area contributed by atoms with Gasteiger partial charge in [0.05, 0.1) is 15.1 Å². The van der Waals surface area contributed by atoms with E-state index in [1.54, 1.807) is 29.2 Å². The summed E-state index contributed by atoms with van der Waals surface area (Å²) in [4.78, 5) is 22.5. The molecule has 0 aliphatic rings. The van der Waals surface area contributed by atoms with Crippen LogP contribution < -0.4 is 4.90 Å². The molecule has 3 rings (SSSR count). The normalized spacial score (nSPS) is 11.8. The largest absolute Gasteiger partial charge is 0.309 e. The smallest absolute Gasteiger partial charge is 0.260 e. The van der Waals surface area contributed by atoms with Gasteiger partial charge in [0.2, 0.25) is 10.0 Å². The Labute approximate surface area is 231 Å². The minimum Gasteiger partial charge on any atom is -0.309 e. The van der Waals surface area contributed by atoms with Crippen LogP contribution >= 0.6 is 23.7 Å². The van der Waals surface area contributed by atoms with E-state index in [9.17, 15) is 13.2 Å². The maximum absolute atomic E-state index is 13.7. The third-order valence-electron chi connectivity index (χ3n) is 6.12. The molecule has 1 heterocycles. The molecule has 0 saturated carbocycles. The number of aryl methyl sites for hydroxylation is 2. The van der Waals surface area contributed by atoms with E-state index in [0.29, 0.717) is 30.3 Å². The molecular formula is C27H39ClN4O3S2. The molecule has 0 saturated heterocycles. The van der Waals surface area contributed by atoms with Gasteiger partial charge in [-0.05, 0) is 88.8 Å². The number of hydrogen-bond donors (Lipinski definition) is 0. The second kappa shape index (κ2) is 13.7. The molecule has 0 unspecified atom stereocenters. The molecule has 0 fully saturated rings. The van der Waals surface area contributed by atoms with E-state index < -0.39 is 10.0 Å². The third-order valence-corrected chi connectivity index (χ3v) is 9.34. The van der Waals surface area contributed by atoms with Crippen LogP contribution in [0.5, 0.6) is 0 Å². The number of amides is 1. The Balaban J connectivity index is 0.00000481. The molecule has 37 heavy (non-hydrogen) atoms. The molecule has 0 spiro atoms. The van der Waals surface area contributed by atoms with Crippen LogP contribution in [0.1, 0.15) is 54.6 Å². The molecule has 2 aromatic carbocycles. The van der Waals surface area contributed by atoms with Crippen LogP contribution in [0.2, 0.25) is 0 Å². The van der Waals surface area contributed by atoms with Crippen LogP contribution in [0.25, 0.3) is 10.2 Å². The van der Waals surface area contributed by atoms with Crippen molar-refractivity contribution in [1.29, 1.82) is 0 Å². The van der Waals surface area contributed by atoms with Gasteiger partial charge in [-0.2, -0.15) is 4.31 Å². The fraction of sp³-hybridized carbons (Fsp3) is 0.481. The Bertz CT molecular complexity index is 1290. The number of hydrogen-bond acceptors (Lipinski definition) is 6. The zero-order valence-electron chi connectivity index (χ0n) is 22.7. The molecule has 0 aliphatic carbocycles. The highest BCUT2D eigenvalue weighted by atomic mass is 35.5. The second-order valence-electron chi connectivity index (χ2n) is 9.41. The van der Waals surface area contributed by atoms with Gasteiger partial charge in [-0.3, -0.25) is 9.69 Å². The summed E-state index contributed by atoms with van der Waals surface area (Å²) in [5.74, 6) is -0.176. The first-order valence-electron chi connectivity index (χ1n) is 12.5. The first-order chi connectivity index (χ1) is 17.1. The van der Waals surface area contributed by atoms with Crippen molar-refractivity contribution in [2.75, 3.05) is 45.2 Å². The fourth-order valence-corrected chi connectivity index (χ4v) is 6.69. The molecule has 0 aliphatic heterocycles. The first-order valence-corrected chi connectivity index (χ1v) is 14.8. The van der Waals surface area contributed by atoms with E-state index >= 15 is 0 Å². The molecule has 0 radical (unpaired) electrons. The lowest BCUT2D eigenvalue weighted by Crippen LogP contribution is -2.34. The standard InChI is InChI=1S/C27H38N4O3S2.ClH/c1-7-9-16-30(8-2)36(33,34)23-13-11-22(12-14-23)26(32)31(17-10-15-29(5)6)27-28-24-19-20(3)18-21(4)25(24)35-27;/h11-14,18-19H,7-10,15-17H2,1-6H3;1H. The molecule has 10 heteroatoms. The van der Waals surface area contributed by atoms with E-state index in [1.165, 1.54) is 15.6 Å². The lowest BCUT2D eigenvalue weighted by atomic mass is 10.1. The molecule has 204 valence electrons. The fourth-order valence-electron chi connectivity index (χ4n) is 4.17. The number of unbranched alkanes of at least 4 members (excludes halogenated alkanes) is 1. The van der Waals surface area contributed by atoms with E-state index in [1.807, 2.05) is 40.9 Å². The summed E-state index contributed by atoms with van der Waals surface area (Å²) in [7, 11) is 0.423. The number of rotatable bonds is 12. The Hall–Kier alpha value is -2.04. The van der Waals surface area contributed by atoms with Crippen molar-refractivity contribution in [3.63, 3.8) is 0 Å². The third kappa shape index (κ3) is 7.51. The van der Waals surface area contributed by atoms with E-state index in [-0.39, 0.29) is 23.2 Å². The quantitative estimate of drug-likeness (QED) is 0.279. The van der Waals surface area contributed by atoms with Crippen molar-refractivity contribution >= 4 is 55.0 Å². The molecule has 0 atom stereocenters. The van der Waals surface area contributed by atoms with Crippen molar-refractivity contribution in [2.45, 2.75) is 51.9 Å². The van der Waals surface area contributed by atoms with Gasteiger partial charge >= 0.3 is 0 Å². The highest BCUT2D eigenvalue weighted by Gasteiger charge is 2.25. The lowest BCUT2D eigenvalue weighted by Gasteiger charge is -2.22. The van der Waals surface area contributed by atoms with Gasteiger partial charge in [0.15, 0.2) is 5.13 Å². The van der Waals surface area contributed by atoms with Gasteiger partial charge in [-0.15, -0.1) is 12.4 Å². The van der Waals surface area contributed by atoms with Crippen LogP contribution in [0.15, 0.2) is 41.3 Å². The number of sulfonamides is 1. The number of carbonyl (C=O) groups excluding carboxylic acids is 1. The predicted molar refractivity (Wildman–Crippen MR) is 157 cm³/mol. The van der Waals surface area contributed by atoms with E-state index in [0.717, 1.165) is 47.2 Å². The van der Waals surface area contributed by atoms with Crippen molar-refractivity contribution in [1.82, 2.24) is 14.2 Å². The van der Waals surface area contributed by atoms with Crippen LogP contribution in [0, 0.1) is 13.8 Å². The monoisotopic (exact) mass is 566 g/mol. The second-order valence-corrected chi connectivity index (χ2v) is 12.3. The number of thiazole rings is 1. The van der Waals surface area contributed by atoms with Crippen LogP contribution in [0.4, 0.5) is 5.13 Å². The van der Waals surface area contributed by atoms with Crippen molar-refractivity contribution in [3.05, 3.63) is 53.1 Å². The summed E-state index contributed by atoms with van der Waals surface area (Å²) in [5.41, 5.74) is 3.63. The molecule has 1 amide bonds. The molecule has 0 N–H and O–H groups in total. The predicted octanol–water partition coefficient (Wildman–Crippen LogP) is 5.74. The Morgan fingerprint density at radius 2 is 1.65 bits per heavy atom. The van der Waals surface area contributed by atoms with Gasteiger partial charge in [-0.25, -0.2) is 13.4 Å². The van der Waals surface area contributed by atoms with Crippen molar-refractivity contribution in [2.24, 2.45) is 0 Å². The average molecular weight is 567 g/mol. The van der Waals surface area contributed by atoms with Crippen LogP contribution in [-0.2, 0) is 10.0 Å². The summed E-state index contributed by atoms with van der Waals surface area (Å²) < 4.78 is 28.7. The first kappa shape index (κ1) is 31.2. The summed E-state index contributed by atoms with van der Waals surface area (Å²) >= 11 is 1.52. The molecule has 1 aromatic heterocycles. The summed E-state index contributed by atoms with van der Waals surface area (Å²) in [6.07, 6.45) is 2.53. The highest BCUT2D eigenvalue weighted by molar-refractivity contribution is 7.89. The number of nitrogens with zero attached hydrogens (tertiary/aromatic N) is 4. The van der Waals surface area contributed by atoms with Crippen molar-refractivity contribution < 1.29 is 13.2 Å².